The van der Waals surface area contributed by atoms with E-state index in [9.17, 15) is 9.18 Å². The van der Waals surface area contributed by atoms with Crippen molar-refractivity contribution >= 4 is 5.91 Å². The van der Waals surface area contributed by atoms with Gasteiger partial charge in [0.25, 0.3) is 0 Å². The van der Waals surface area contributed by atoms with Crippen LogP contribution in [0.3, 0.4) is 0 Å². The van der Waals surface area contributed by atoms with E-state index in [0.717, 1.165) is 57.6 Å². The zero-order valence-corrected chi connectivity index (χ0v) is 14.9. The lowest BCUT2D eigenvalue weighted by atomic mass is 9.95. The van der Waals surface area contributed by atoms with Crippen molar-refractivity contribution in [1.82, 2.24) is 14.8 Å². The third kappa shape index (κ3) is 3.80. The van der Waals surface area contributed by atoms with E-state index in [2.05, 4.69) is 9.88 Å². The maximum Gasteiger partial charge on any atom is 0.226 e. The van der Waals surface area contributed by atoms with Crippen molar-refractivity contribution in [1.29, 1.82) is 0 Å². The average molecular weight is 357 g/mol. The number of oxazole rings is 1. The molecule has 6 heteroatoms. The molecule has 3 heterocycles. The van der Waals surface area contributed by atoms with Gasteiger partial charge >= 0.3 is 0 Å². The topological polar surface area (TPSA) is 49.6 Å². The predicted molar refractivity (Wildman–Crippen MR) is 95.7 cm³/mol. The van der Waals surface area contributed by atoms with Crippen LogP contribution in [0.5, 0.6) is 0 Å². The van der Waals surface area contributed by atoms with Crippen molar-refractivity contribution in [2.24, 2.45) is 5.92 Å². The molecule has 5 nitrogen and oxygen atoms in total. The van der Waals surface area contributed by atoms with E-state index in [1.54, 1.807) is 18.4 Å². The first kappa shape index (κ1) is 17.2. The molecule has 0 N–H and O–H groups in total. The first-order valence-corrected chi connectivity index (χ1v) is 9.40. The number of likely N-dealkylation sites (tertiary alicyclic amines) is 2. The lowest BCUT2D eigenvalue weighted by Crippen LogP contribution is -2.41. The first-order chi connectivity index (χ1) is 12.7. The molecule has 2 aliphatic heterocycles. The molecular weight excluding hydrogens is 333 g/mol. The SMILES string of the molecule is O=C(C1CCN(Cc2coc(-c3cccc(F)c3)n2)CC1)N1CCCC1. The molecule has 0 bridgehead atoms. The summed E-state index contributed by atoms with van der Waals surface area (Å²) in [5.74, 6) is 0.659. The quantitative estimate of drug-likeness (QED) is 0.842. The van der Waals surface area contributed by atoms with Gasteiger partial charge in [0.05, 0.1) is 5.69 Å². The smallest absolute Gasteiger partial charge is 0.226 e. The zero-order valence-electron chi connectivity index (χ0n) is 14.9. The minimum Gasteiger partial charge on any atom is -0.444 e. The highest BCUT2D eigenvalue weighted by atomic mass is 19.1. The van der Waals surface area contributed by atoms with Crippen molar-refractivity contribution in [3.63, 3.8) is 0 Å². The van der Waals surface area contributed by atoms with Gasteiger partial charge in [-0.25, -0.2) is 9.37 Å². The second-order valence-electron chi connectivity index (χ2n) is 7.24. The second kappa shape index (κ2) is 7.58. The number of piperidine rings is 1. The molecule has 0 unspecified atom stereocenters. The fourth-order valence-electron chi connectivity index (χ4n) is 3.90. The normalized spacial score (nSPS) is 19.2. The van der Waals surface area contributed by atoms with Crippen molar-refractivity contribution in [3.8, 4) is 11.5 Å². The van der Waals surface area contributed by atoms with Crippen LogP contribution in [0, 0.1) is 11.7 Å². The molecule has 2 aromatic rings. The molecule has 0 aliphatic carbocycles. The van der Waals surface area contributed by atoms with Gasteiger partial charge in [-0.1, -0.05) is 6.07 Å². The van der Waals surface area contributed by atoms with Crippen LogP contribution in [-0.4, -0.2) is 46.9 Å². The maximum absolute atomic E-state index is 13.3. The van der Waals surface area contributed by atoms with Gasteiger partial charge in [0.15, 0.2) is 0 Å². The van der Waals surface area contributed by atoms with Crippen molar-refractivity contribution in [2.45, 2.75) is 32.2 Å². The molecular formula is C20H24FN3O2. The molecule has 0 spiro atoms. The van der Waals surface area contributed by atoms with E-state index in [4.69, 9.17) is 4.42 Å². The number of carbonyl (C=O) groups is 1. The second-order valence-corrected chi connectivity index (χ2v) is 7.24. The minimum atomic E-state index is -0.299. The van der Waals surface area contributed by atoms with Gasteiger partial charge in [-0.2, -0.15) is 0 Å². The highest BCUT2D eigenvalue weighted by molar-refractivity contribution is 5.79. The Kier molecular flexibility index (Phi) is 5.02. The Hall–Kier alpha value is -2.21. The van der Waals surface area contributed by atoms with E-state index >= 15 is 0 Å². The molecule has 1 aromatic carbocycles. The van der Waals surface area contributed by atoms with E-state index < -0.39 is 0 Å². The van der Waals surface area contributed by atoms with E-state index in [1.165, 1.54) is 12.1 Å². The Bertz CT molecular complexity index is 762. The number of amides is 1. The molecule has 0 atom stereocenters. The van der Waals surface area contributed by atoms with Gasteiger partial charge in [-0.05, 0) is 57.0 Å². The van der Waals surface area contributed by atoms with Gasteiger partial charge in [-0.15, -0.1) is 0 Å². The van der Waals surface area contributed by atoms with Crippen LogP contribution >= 0.6 is 0 Å². The number of nitrogens with zero attached hydrogens (tertiary/aromatic N) is 3. The Morgan fingerprint density at radius 2 is 1.96 bits per heavy atom. The number of hydrogen-bond donors (Lipinski definition) is 0. The molecule has 0 radical (unpaired) electrons. The largest absolute Gasteiger partial charge is 0.444 e. The molecule has 2 saturated heterocycles. The van der Waals surface area contributed by atoms with E-state index in [0.29, 0.717) is 23.9 Å². The van der Waals surface area contributed by atoms with Crippen LogP contribution in [0.2, 0.25) is 0 Å². The Morgan fingerprint density at radius 1 is 1.19 bits per heavy atom. The van der Waals surface area contributed by atoms with Crippen LogP contribution in [-0.2, 0) is 11.3 Å². The van der Waals surface area contributed by atoms with E-state index in [1.807, 2.05) is 4.90 Å². The molecule has 26 heavy (non-hydrogen) atoms. The molecule has 2 fully saturated rings. The fraction of sp³-hybridized carbons (Fsp3) is 0.500. The number of aromatic nitrogens is 1. The number of carbonyl (C=O) groups excluding carboxylic acids is 1. The lowest BCUT2D eigenvalue weighted by molar-refractivity contribution is -0.136. The van der Waals surface area contributed by atoms with Crippen molar-refractivity contribution in [3.05, 3.63) is 42.0 Å². The molecule has 1 aromatic heterocycles. The summed E-state index contributed by atoms with van der Waals surface area (Å²) in [7, 11) is 0. The van der Waals surface area contributed by atoms with Crippen LogP contribution in [0.15, 0.2) is 34.9 Å². The number of rotatable bonds is 4. The Balaban J connectivity index is 1.31. The summed E-state index contributed by atoms with van der Waals surface area (Å²) in [6.45, 7) is 4.35. The summed E-state index contributed by atoms with van der Waals surface area (Å²) in [6, 6.07) is 6.26. The highest BCUT2D eigenvalue weighted by Gasteiger charge is 2.30. The zero-order chi connectivity index (χ0) is 17.9. The third-order valence-electron chi connectivity index (χ3n) is 5.36. The maximum atomic E-state index is 13.3. The number of halogens is 1. The van der Waals surface area contributed by atoms with Crippen LogP contribution < -0.4 is 0 Å². The monoisotopic (exact) mass is 357 g/mol. The Labute approximate surface area is 152 Å². The summed E-state index contributed by atoms with van der Waals surface area (Å²) in [4.78, 5) is 21.3. The van der Waals surface area contributed by atoms with Crippen molar-refractivity contribution < 1.29 is 13.6 Å². The first-order valence-electron chi connectivity index (χ1n) is 9.40. The third-order valence-corrected chi connectivity index (χ3v) is 5.36. The lowest BCUT2D eigenvalue weighted by Gasteiger charge is -2.32. The standard InChI is InChI=1S/C20H24FN3O2/c21-17-5-3-4-16(12-17)19-22-18(14-26-19)13-23-10-6-15(7-11-23)20(25)24-8-1-2-9-24/h3-5,12,14-15H,1-2,6-11,13H2. The molecule has 0 saturated carbocycles. The van der Waals surface area contributed by atoms with Gasteiger partial charge in [0, 0.05) is 31.1 Å². The summed E-state index contributed by atoms with van der Waals surface area (Å²) in [5, 5.41) is 0. The number of hydrogen-bond acceptors (Lipinski definition) is 4. The molecule has 138 valence electrons. The molecule has 1 amide bonds. The number of benzene rings is 1. The fourth-order valence-corrected chi connectivity index (χ4v) is 3.90. The average Bonchev–Trinajstić information content (AvgIpc) is 3.34. The molecule has 4 rings (SSSR count). The summed E-state index contributed by atoms with van der Waals surface area (Å²) in [6.07, 6.45) is 5.74. The van der Waals surface area contributed by atoms with Gasteiger partial charge in [0.2, 0.25) is 11.8 Å². The van der Waals surface area contributed by atoms with E-state index in [-0.39, 0.29) is 11.7 Å². The molecule has 2 aliphatic rings. The highest BCUT2D eigenvalue weighted by Crippen LogP contribution is 2.24. The minimum absolute atomic E-state index is 0.171. The van der Waals surface area contributed by atoms with Crippen LogP contribution in [0.25, 0.3) is 11.5 Å². The van der Waals surface area contributed by atoms with Gasteiger partial charge in [-0.3, -0.25) is 9.69 Å². The van der Waals surface area contributed by atoms with Gasteiger partial charge in [0.1, 0.15) is 12.1 Å². The van der Waals surface area contributed by atoms with Gasteiger partial charge < -0.3 is 9.32 Å². The van der Waals surface area contributed by atoms with Crippen LogP contribution in [0.4, 0.5) is 4.39 Å². The predicted octanol–water partition coefficient (Wildman–Crippen LogP) is 3.32. The summed E-state index contributed by atoms with van der Waals surface area (Å²) in [5.41, 5.74) is 1.49. The van der Waals surface area contributed by atoms with Crippen LogP contribution in [0.1, 0.15) is 31.4 Å². The Morgan fingerprint density at radius 3 is 2.69 bits per heavy atom. The summed E-state index contributed by atoms with van der Waals surface area (Å²) < 4.78 is 18.8. The van der Waals surface area contributed by atoms with Crippen molar-refractivity contribution in [2.75, 3.05) is 26.2 Å². The summed E-state index contributed by atoms with van der Waals surface area (Å²) >= 11 is 0.